The van der Waals surface area contributed by atoms with Crippen molar-refractivity contribution >= 4 is 28.3 Å². The number of sulfonamides is 1. The third-order valence-corrected chi connectivity index (χ3v) is 5.91. The Hall–Kier alpha value is -0.370. The lowest BCUT2D eigenvalue weighted by atomic mass is 9.93. The topological polar surface area (TPSA) is 78.5 Å². The second-order valence-corrected chi connectivity index (χ2v) is 8.02. The van der Waals surface area contributed by atoms with Crippen LogP contribution in [-0.4, -0.2) is 57.6 Å². The van der Waals surface area contributed by atoms with Crippen molar-refractivity contribution in [3.05, 3.63) is 0 Å². The summed E-state index contributed by atoms with van der Waals surface area (Å²) in [6.45, 7) is 4.74. The van der Waals surface area contributed by atoms with Crippen molar-refractivity contribution in [2.75, 3.05) is 39.0 Å². The number of hydrogen-bond donors (Lipinski definition) is 2. The predicted octanol–water partition coefficient (Wildman–Crippen LogP) is 0.976. The van der Waals surface area contributed by atoms with E-state index in [0.717, 1.165) is 32.4 Å². The molecule has 0 aromatic carbocycles. The number of carbonyl (C=O) groups excluding carboxylic acids is 1. The van der Waals surface area contributed by atoms with Crippen LogP contribution in [0, 0.1) is 5.92 Å². The number of carbonyl (C=O) groups is 1. The average Bonchev–Trinajstić information content (AvgIpc) is 2.50. The van der Waals surface area contributed by atoms with Gasteiger partial charge in [0.1, 0.15) is 0 Å². The molecule has 0 spiro atoms. The van der Waals surface area contributed by atoms with Crippen LogP contribution in [0.15, 0.2) is 0 Å². The molecule has 0 saturated carbocycles. The summed E-state index contributed by atoms with van der Waals surface area (Å²) in [5.74, 6) is 0.860. The zero-order valence-corrected chi connectivity index (χ0v) is 15.3. The van der Waals surface area contributed by atoms with Crippen LogP contribution < -0.4 is 10.6 Å². The molecule has 0 unspecified atom stereocenters. The first-order chi connectivity index (χ1) is 9.95. The Morgan fingerprint density at radius 3 is 2.55 bits per heavy atom. The van der Waals surface area contributed by atoms with Gasteiger partial charge in [-0.2, -0.15) is 0 Å². The molecule has 2 N–H and O–H groups in total. The summed E-state index contributed by atoms with van der Waals surface area (Å²) in [7, 11) is -1.53. The van der Waals surface area contributed by atoms with E-state index in [0.29, 0.717) is 31.8 Å². The minimum absolute atomic E-state index is 0. The van der Waals surface area contributed by atoms with Gasteiger partial charge in [0.05, 0.1) is 5.75 Å². The van der Waals surface area contributed by atoms with E-state index in [-0.39, 0.29) is 24.1 Å². The lowest BCUT2D eigenvalue weighted by Gasteiger charge is -2.22. The molecule has 8 heteroatoms. The van der Waals surface area contributed by atoms with Crippen LogP contribution >= 0.6 is 12.4 Å². The molecule has 1 aliphatic heterocycles. The van der Waals surface area contributed by atoms with E-state index in [2.05, 4.69) is 10.6 Å². The summed E-state index contributed by atoms with van der Waals surface area (Å²) in [5.41, 5.74) is 0. The van der Waals surface area contributed by atoms with E-state index >= 15 is 0 Å². The summed E-state index contributed by atoms with van der Waals surface area (Å²) in [5, 5.41) is 6.19. The largest absolute Gasteiger partial charge is 0.356 e. The SMILES string of the molecule is CCS(=O)(=O)N(C)CCCNC(=O)CCC1CCNCC1.Cl. The molecule has 1 amide bonds. The summed E-state index contributed by atoms with van der Waals surface area (Å²) >= 11 is 0. The van der Waals surface area contributed by atoms with E-state index in [1.165, 1.54) is 4.31 Å². The Bertz CT molecular complexity index is 412. The lowest BCUT2D eigenvalue weighted by molar-refractivity contribution is -0.121. The van der Waals surface area contributed by atoms with Gasteiger partial charge < -0.3 is 10.6 Å². The van der Waals surface area contributed by atoms with Gasteiger partial charge in [-0.05, 0) is 51.6 Å². The maximum atomic E-state index is 11.7. The van der Waals surface area contributed by atoms with Gasteiger partial charge in [-0.15, -0.1) is 12.4 Å². The number of rotatable bonds is 9. The van der Waals surface area contributed by atoms with E-state index in [4.69, 9.17) is 0 Å². The van der Waals surface area contributed by atoms with Crippen molar-refractivity contribution in [1.82, 2.24) is 14.9 Å². The predicted molar refractivity (Wildman–Crippen MR) is 91.8 cm³/mol. The van der Waals surface area contributed by atoms with Gasteiger partial charge in [-0.3, -0.25) is 4.79 Å². The van der Waals surface area contributed by atoms with Gasteiger partial charge >= 0.3 is 0 Å². The number of amides is 1. The van der Waals surface area contributed by atoms with Crippen molar-refractivity contribution < 1.29 is 13.2 Å². The molecule has 0 aromatic rings. The minimum Gasteiger partial charge on any atom is -0.356 e. The molecule has 22 heavy (non-hydrogen) atoms. The van der Waals surface area contributed by atoms with Crippen LogP contribution in [0.4, 0.5) is 0 Å². The molecule has 1 rings (SSSR count). The van der Waals surface area contributed by atoms with Crippen LogP contribution in [0.1, 0.15) is 39.0 Å². The quantitative estimate of drug-likeness (QED) is 0.604. The van der Waals surface area contributed by atoms with E-state index in [1.807, 2.05) is 0 Å². The summed E-state index contributed by atoms with van der Waals surface area (Å²) in [6.07, 6.45) is 4.50. The fourth-order valence-electron chi connectivity index (χ4n) is 2.48. The zero-order valence-electron chi connectivity index (χ0n) is 13.6. The first-order valence-electron chi connectivity index (χ1n) is 7.87. The van der Waals surface area contributed by atoms with E-state index in [1.54, 1.807) is 14.0 Å². The van der Waals surface area contributed by atoms with Crippen molar-refractivity contribution in [1.29, 1.82) is 0 Å². The first-order valence-corrected chi connectivity index (χ1v) is 9.48. The third kappa shape index (κ3) is 8.31. The molecule has 1 heterocycles. The fraction of sp³-hybridized carbons (Fsp3) is 0.929. The fourth-order valence-corrected chi connectivity index (χ4v) is 3.33. The molecule has 0 aliphatic carbocycles. The molecule has 1 fully saturated rings. The standard InChI is InChI=1S/C14H29N3O3S.ClH/c1-3-21(19,20)17(2)12-4-9-16-14(18)6-5-13-7-10-15-11-8-13;/h13,15H,3-12H2,1-2H3,(H,16,18);1H. The minimum atomic E-state index is -3.11. The van der Waals surface area contributed by atoms with Crippen LogP contribution in [0.5, 0.6) is 0 Å². The molecule has 6 nitrogen and oxygen atoms in total. The Kier molecular flexibility index (Phi) is 11.0. The van der Waals surface area contributed by atoms with E-state index in [9.17, 15) is 13.2 Å². The highest BCUT2D eigenvalue weighted by molar-refractivity contribution is 7.89. The summed E-state index contributed by atoms with van der Waals surface area (Å²) in [6, 6.07) is 0. The number of hydrogen-bond acceptors (Lipinski definition) is 4. The second-order valence-electron chi connectivity index (χ2n) is 5.66. The molecule has 1 saturated heterocycles. The van der Waals surface area contributed by atoms with Crippen molar-refractivity contribution in [2.24, 2.45) is 5.92 Å². The van der Waals surface area contributed by atoms with E-state index < -0.39 is 10.0 Å². The van der Waals surface area contributed by atoms with Gasteiger partial charge in [-0.25, -0.2) is 12.7 Å². The molecule has 0 aromatic heterocycles. The molecular weight excluding hydrogens is 326 g/mol. The van der Waals surface area contributed by atoms with Gasteiger partial charge in [0.25, 0.3) is 0 Å². The highest BCUT2D eigenvalue weighted by Crippen LogP contribution is 2.17. The third-order valence-electron chi connectivity index (χ3n) is 4.05. The number of nitrogens with one attached hydrogen (secondary N) is 2. The zero-order chi connectivity index (χ0) is 15.7. The van der Waals surface area contributed by atoms with Crippen molar-refractivity contribution in [2.45, 2.75) is 39.0 Å². The smallest absolute Gasteiger partial charge is 0.220 e. The Morgan fingerprint density at radius 1 is 1.32 bits per heavy atom. The highest BCUT2D eigenvalue weighted by atomic mass is 35.5. The van der Waals surface area contributed by atoms with Crippen LogP contribution in [0.3, 0.4) is 0 Å². The Balaban J connectivity index is 0.00000441. The Morgan fingerprint density at radius 2 is 1.95 bits per heavy atom. The van der Waals surface area contributed by atoms with Gasteiger partial charge in [0, 0.05) is 26.6 Å². The monoisotopic (exact) mass is 355 g/mol. The molecule has 0 radical (unpaired) electrons. The lowest BCUT2D eigenvalue weighted by Crippen LogP contribution is -2.33. The van der Waals surface area contributed by atoms with Crippen LogP contribution in [0.25, 0.3) is 0 Å². The molecular formula is C14H30ClN3O3S. The number of nitrogens with zero attached hydrogens (tertiary/aromatic N) is 1. The normalized spacial score (nSPS) is 16.3. The molecule has 132 valence electrons. The van der Waals surface area contributed by atoms with Crippen molar-refractivity contribution in [3.63, 3.8) is 0 Å². The maximum Gasteiger partial charge on any atom is 0.220 e. The summed E-state index contributed by atoms with van der Waals surface area (Å²) < 4.78 is 24.4. The van der Waals surface area contributed by atoms with Crippen LogP contribution in [-0.2, 0) is 14.8 Å². The number of halogens is 1. The number of piperidine rings is 1. The first kappa shape index (κ1) is 21.6. The maximum absolute atomic E-state index is 11.7. The van der Waals surface area contributed by atoms with Crippen LogP contribution in [0.2, 0.25) is 0 Å². The van der Waals surface area contributed by atoms with Gasteiger partial charge in [0.15, 0.2) is 0 Å². The average molecular weight is 356 g/mol. The second kappa shape index (κ2) is 11.2. The van der Waals surface area contributed by atoms with Gasteiger partial charge in [0.2, 0.25) is 15.9 Å². The Labute approximate surface area is 140 Å². The van der Waals surface area contributed by atoms with Crippen molar-refractivity contribution in [3.8, 4) is 0 Å². The summed E-state index contributed by atoms with van der Waals surface area (Å²) in [4.78, 5) is 11.7. The van der Waals surface area contributed by atoms with Gasteiger partial charge in [-0.1, -0.05) is 0 Å². The highest BCUT2D eigenvalue weighted by Gasteiger charge is 2.15. The molecule has 0 bridgehead atoms. The molecule has 0 atom stereocenters. The molecule has 1 aliphatic rings.